The molecule has 114 valence electrons. The molecule has 2 atom stereocenters. The summed E-state index contributed by atoms with van der Waals surface area (Å²) in [5.41, 5.74) is 4.37. The van der Waals surface area contributed by atoms with Gasteiger partial charge >= 0.3 is 0 Å². The normalized spacial score (nSPS) is 23.9. The summed E-state index contributed by atoms with van der Waals surface area (Å²) in [5, 5.41) is 0. The van der Waals surface area contributed by atoms with Crippen molar-refractivity contribution in [2.24, 2.45) is 5.92 Å². The summed E-state index contributed by atoms with van der Waals surface area (Å²) < 4.78 is 5.57. The van der Waals surface area contributed by atoms with Gasteiger partial charge in [-0.3, -0.25) is 4.90 Å². The summed E-state index contributed by atoms with van der Waals surface area (Å²) in [4.78, 5) is 2.68. The first-order valence-corrected chi connectivity index (χ1v) is 8.28. The average molecular weight is 293 g/mol. The van der Waals surface area contributed by atoms with Crippen molar-refractivity contribution < 1.29 is 4.74 Å². The van der Waals surface area contributed by atoms with Crippen molar-refractivity contribution in [3.63, 3.8) is 0 Å². The van der Waals surface area contributed by atoms with Gasteiger partial charge in [-0.1, -0.05) is 42.5 Å². The maximum Gasteiger partial charge on any atom is 0.122 e. The largest absolute Gasteiger partial charge is 0.496 e. The van der Waals surface area contributed by atoms with Crippen LogP contribution in [0.25, 0.3) is 0 Å². The van der Waals surface area contributed by atoms with E-state index in [0.717, 1.165) is 18.2 Å². The number of likely N-dealkylation sites (tertiary alicyclic amines) is 1. The van der Waals surface area contributed by atoms with E-state index in [-0.39, 0.29) is 0 Å². The zero-order chi connectivity index (χ0) is 14.9. The van der Waals surface area contributed by atoms with Gasteiger partial charge in [-0.15, -0.1) is 0 Å². The summed E-state index contributed by atoms with van der Waals surface area (Å²) in [6, 6.07) is 18.1. The molecule has 2 aromatic carbocycles. The van der Waals surface area contributed by atoms with E-state index < -0.39 is 0 Å². The molecule has 0 spiro atoms. The van der Waals surface area contributed by atoms with E-state index in [2.05, 4.69) is 53.4 Å². The van der Waals surface area contributed by atoms with Crippen LogP contribution in [-0.2, 0) is 19.4 Å². The molecule has 2 heteroatoms. The lowest BCUT2D eigenvalue weighted by atomic mass is 9.80. The fourth-order valence-electron chi connectivity index (χ4n) is 4.25. The number of hydrogen-bond donors (Lipinski definition) is 0. The second-order valence-electron chi connectivity index (χ2n) is 6.58. The first-order valence-electron chi connectivity index (χ1n) is 8.28. The Morgan fingerprint density at radius 3 is 2.73 bits per heavy atom. The molecule has 0 bridgehead atoms. The lowest BCUT2D eigenvalue weighted by Crippen LogP contribution is -2.37. The van der Waals surface area contributed by atoms with Gasteiger partial charge < -0.3 is 4.74 Å². The Morgan fingerprint density at radius 1 is 1.05 bits per heavy atom. The van der Waals surface area contributed by atoms with Gasteiger partial charge in [-0.2, -0.15) is 0 Å². The molecule has 2 nitrogen and oxygen atoms in total. The summed E-state index contributed by atoms with van der Waals surface area (Å²) in [5.74, 6) is 1.87. The molecule has 1 aliphatic carbocycles. The molecule has 1 heterocycles. The highest BCUT2D eigenvalue weighted by atomic mass is 16.5. The Balaban J connectivity index is 1.56. The predicted molar refractivity (Wildman–Crippen MR) is 89.1 cm³/mol. The minimum Gasteiger partial charge on any atom is -0.496 e. The molecule has 0 amide bonds. The van der Waals surface area contributed by atoms with Gasteiger partial charge in [-0.25, -0.2) is 0 Å². The fraction of sp³-hybridized carbons (Fsp3) is 0.400. The first kappa shape index (κ1) is 13.8. The van der Waals surface area contributed by atoms with Crippen LogP contribution in [0.15, 0.2) is 48.5 Å². The van der Waals surface area contributed by atoms with Crippen LogP contribution in [-0.4, -0.2) is 24.6 Å². The van der Waals surface area contributed by atoms with E-state index in [1.165, 1.54) is 42.5 Å². The van der Waals surface area contributed by atoms with Crippen molar-refractivity contribution in [1.29, 1.82) is 0 Å². The average Bonchev–Trinajstić information content (AvgIpc) is 2.95. The maximum atomic E-state index is 5.57. The van der Waals surface area contributed by atoms with Crippen LogP contribution in [0.3, 0.4) is 0 Å². The van der Waals surface area contributed by atoms with Gasteiger partial charge in [-0.05, 0) is 54.5 Å². The molecule has 0 saturated carbocycles. The molecular weight excluding hydrogens is 270 g/mol. The minimum atomic E-state index is 0.694. The Kier molecular flexibility index (Phi) is 3.63. The van der Waals surface area contributed by atoms with Gasteiger partial charge in [0.1, 0.15) is 5.75 Å². The molecule has 1 aliphatic heterocycles. The van der Waals surface area contributed by atoms with E-state index in [9.17, 15) is 0 Å². The molecule has 0 aromatic heterocycles. The van der Waals surface area contributed by atoms with E-state index in [1.54, 1.807) is 7.11 Å². The number of fused-ring (bicyclic) bond motifs is 2. The van der Waals surface area contributed by atoms with Crippen LogP contribution >= 0.6 is 0 Å². The Bertz CT molecular complexity index is 652. The first-order chi connectivity index (χ1) is 10.8. The summed E-state index contributed by atoms with van der Waals surface area (Å²) in [7, 11) is 1.79. The molecule has 2 aliphatic rings. The number of benzene rings is 2. The van der Waals surface area contributed by atoms with Crippen LogP contribution in [0.2, 0.25) is 0 Å². The molecule has 4 rings (SSSR count). The highest BCUT2D eigenvalue weighted by molar-refractivity contribution is 5.43. The monoisotopic (exact) mass is 293 g/mol. The zero-order valence-corrected chi connectivity index (χ0v) is 13.2. The highest BCUT2D eigenvalue weighted by Crippen LogP contribution is 2.39. The Labute approximate surface area is 132 Å². The molecule has 0 unspecified atom stereocenters. The van der Waals surface area contributed by atoms with Crippen molar-refractivity contribution in [2.45, 2.75) is 31.8 Å². The number of rotatable bonds is 3. The van der Waals surface area contributed by atoms with E-state index in [0.29, 0.717) is 6.04 Å². The fourth-order valence-corrected chi connectivity index (χ4v) is 4.25. The minimum absolute atomic E-state index is 0.694. The van der Waals surface area contributed by atoms with Gasteiger partial charge in [0.2, 0.25) is 0 Å². The molecule has 22 heavy (non-hydrogen) atoms. The van der Waals surface area contributed by atoms with Crippen molar-refractivity contribution in [3.8, 4) is 5.75 Å². The zero-order valence-electron chi connectivity index (χ0n) is 13.2. The lowest BCUT2D eigenvalue weighted by molar-refractivity contribution is 0.207. The van der Waals surface area contributed by atoms with E-state index in [1.807, 2.05) is 0 Å². The second kappa shape index (κ2) is 5.77. The highest BCUT2D eigenvalue weighted by Gasteiger charge is 2.38. The molecule has 0 N–H and O–H groups in total. The summed E-state index contributed by atoms with van der Waals surface area (Å²) in [6.45, 7) is 2.31. The molecule has 1 fully saturated rings. The predicted octanol–water partition coefficient (Wildman–Crippen LogP) is 3.68. The number of methoxy groups -OCH3 is 1. The lowest BCUT2D eigenvalue weighted by Gasteiger charge is -2.34. The third kappa shape index (κ3) is 2.42. The molecule has 1 saturated heterocycles. The third-order valence-corrected chi connectivity index (χ3v) is 5.37. The van der Waals surface area contributed by atoms with Crippen molar-refractivity contribution >= 4 is 0 Å². The Morgan fingerprint density at radius 2 is 1.91 bits per heavy atom. The third-order valence-electron chi connectivity index (χ3n) is 5.37. The van der Waals surface area contributed by atoms with Crippen LogP contribution in [0.1, 0.15) is 23.1 Å². The quantitative estimate of drug-likeness (QED) is 0.856. The maximum absolute atomic E-state index is 5.57. The van der Waals surface area contributed by atoms with Crippen molar-refractivity contribution in [3.05, 3.63) is 65.2 Å². The number of ether oxygens (including phenoxy) is 1. The molecular formula is C20H23NO. The van der Waals surface area contributed by atoms with Crippen LogP contribution in [0.5, 0.6) is 5.75 Å². The standard InChI is InChI=1S/C20H23NO/c1-22-20-9-5-8-16-13-19-17(12-18(16)20)10-11-21(19)14-15-6-3-2-4-7-15/h2-9,17,19H,10-14H2,1H3/t17-,19+/m0/s1. The van der Waals surface area contributed by atoms with Crippen LogP contribution in [0.4, 0.5) is 0 Å². The van der Waals surface area contributed by atoms with Gasteiger partial charge in [0, 0.05) is 12.6 Å². The smallest absolute Gasteiger partial charge is 0.122 e. The molecule has 2 aromatic rings. The van der Waals surface area contributed by atoms with E-state index in [4.69, 9.17) is 4.74 Å². The summed E-state index contributed by atoms with van der Waals surface area (Å²) in [6.07, 6.45) is 3.66. The Hall–Kier alpha value is -1.80. The van der Waals surface area contributed by atoms with Crippen LogP contribution < -0.4 is 4.74 Å². The molecule has 0 radical (unpaired) electrons. The topological polar surface area (TPSA) is 12.5 Å². The SMILES string of the molecule is COc1cccc2c1C[C@@H]1CCN(Cc3ccccc3)[C@@H]1C2. The van der Waals surface area contributed by atoms with Gasteiger partial charge in [0.15, 0.2) is 0 Å². The summed E-state index contributed by atoms with van der Waals surface area (Å²) >= 11 is 0. The van der Waals surface area contributed by atoms with Gasteiger partial charge in [0.25, 0.3) is 0 Å². The van der Waals surface area contributed by atoms with E-state index >= 15 is 0 Å². The number of nitrogens with zero attached hydrogens (tertiary/aromatic N) is 1. The van der Waals surface area contributed by atoms with Crippen LogP contribution in [0, 0.1) is 5.92 Å². The van der Waals surface area contributed by atoms with Crippen molar-refractivity contribution in [2.75, 3.05) is 13.7 Å². The van der Waals surface area contributed by atoms with Gasteiger partial charge in [0.05, 0.1) is 7.11 Å². The number of hydrogen-bond acceptors (Lipinski definition) is 2. The second-order valence-corrected chi connectivity index (χ2v) is 6.58. The van der Waals surface area contributed by atoms with Crippen molar-refractivity contribution in [1.82, 2.24) is 4.90 Å².